The number of aromatic nitrogens is 1. The van der Waals surface area contributed by atoms with Crippen LogP contribution in [0.2, 0.25) is 0 Å². The number of amides is 1. The zero-order chi connectivity index (χ0) is 20.5. The molecule has 1 aliphatic rings. The molecule has 1 aromatic carbocycles. The van der Waals surface area contributed by atoms with Gasteiger partial charge in [-0.2, -0.15) is 0 Å². The minimum atomic E-state index is -0.00506. The number of carbonyl (C=O) groups is 1. The molecule has 0 spiro atoms. The Bertz CT molecular complexity index is 1040. The Hall–Kier alpha value is -2.40. The van der Waals surface area contributed by atoms with Gasteiger partial charge in [0.25, 0.3) is 0 Å². The molecule has 4 rings (SSSR count). The van der Waals surface area contributed by atoms with Crippen LogP contribution in [0.4, 0.5) is 5.82 Å². The minimum absolute atomic E-state index is 0.00506. The van der Waals surface area contributed by atoms with Gasteiger partial charge in [-0.15, -0.1) is 11.3 Å². The number of carbonyl (C=O) groups excluding carboxylic acids is 1. The van der Waals surface area contributed by atoms with E-state index in [9.17, 15) is 4.79 Å². The predicted octanol–water partition coefficient (Wildman–Crippen LogP) is 5.32. The van der Waals surface area contributed by atoms with Crippen molar-refractivity contribution < 1.29 is 4.79 Å². The topological polar surface area (TPSA) is 45.2 Å². The van der Waals surface area contributed by atoms with Gasteiger partial charge in [-0.05, 0) is 69.4 Å². The molecule has 0 bridgehead atoms. The molecule has 1 amide bonds. The van der Waals surface area contributed by atoms with E-state index in [1.807, 2.05) is 6.20 Å². The molecule has 0 aliphatic carbocycles. The molecule has 1 aliphatic heterocycles. The normalized spacial score (nSPS) is 18.1. The van der Waals surface area contributed by atoms with Gasteiger partial charge in [0.05, 0.1) is 12.0 Å². The van der Waals surface area contributed by atoms with Crippen molar-refractivity contribution in [3.63, 3.8) is 0 Å². The fourth-order valence-corrected chi connectivity index (χ4v) is 5.07. The molecule has 2 aromatic heterocycles. The molecule has 0 radical (unpaired) electrons. The summed E-state index contributed by atoms with van der Waals surface area (Å²) in [4.78, 5) is 21.3. The summed E-state index contributed by atoms with van der Waals surface area (Å²) in [5.41, 5.74) is 3.70. The number of piperidine rings is 1. The lowest BCUT2D eigenvalue weighted by atomic mass is 9.95. The number of benzene rings is 1. The van der Waals surface area contributed by atoms with E-state index in [2.05, 4.69) is 73.2 Å². The molecule has 1 saturated heterocycles. The summed E-state index contributed by atoms with van der Waals surface area (Å²) in [6, 6.07) is 10.7. The molecule has 0 unspecified atom stereocenters. The highest BCUT2D eigenvalue weighted by atomic mass is 32.1. The summed E-state index contributed by atoms with van der Waals surface area (Å²) < 4.78 is 1.27. The van der Waals surface area contributed by atoms with Crippen molar-refractivity contribution in [2.45, 2.75) is 46.6 Å². The van der Waals surface area contributed by atoms with E-state index in [1.165, 1.54) is 26.1 Å². The lowest BCUT2D eigenvalue weighted by Crippen LogP contribution is -2.44. The number of hydrogen-bond donors (Lipinski definition) is 1. The van der Waals surface area contributed by atoms with Crippen LogP contribution >= 0.6 is 11.3 Å². The fraction of sp³-hybridized carbons (Fsp3) is 0.417. The van der Waals surface area contributed by atoms with Crippen molar-refractivity contribution in [3.8, 4) is 0 Å². The Kier molecular flexibility index (Phi) is 5.59. The smallest absolute Gasteiger partial charge is 0.225 e. The van der Waals surface area contributed by atoms with E-state index in [1.54, 1.807) is 11.3 Å². The first-order valence-electron chi connectivity index (χ1n) is 10.4. The van der Waals surface area contributed by atoms with Crippen molar-refractivity contribution >= 4 is 33.1 Å². The zero-order valence-electron chi connectivity index (χ0n) is 17.7. The number of nitrogens with zero attached hydrogens (tertiary/aromatic N) is 2. The average Bonchev–Trinajstić information content (AvgIpc) is 3.10. The van der Waals surface area contributed by atoms with E-state index < -0.39 is 0 Å². The lowest BCUT2D eigenvalue weighted by Gasteiger charge is -2.33. The summed E-state index contributed by atoms with van der Waals surface area (Å²) in [6.07, 6.45) is 3.83. The van der Waals surface area contributed by atoms with Crippen molar-refractivity contribution in [2.75, 3.05) is 18.0 Å². The van der Waals surface area contributed by atoms with Crippen LogP contribution in [-0.4, -0.2) is 24.0 Å². The third-order valence-electron chi connectivity index (χ3n) is 6.03. The van der Waals surface area contributed by atoms with E-state index >= 15 is 0 Å². The molecule has 1 fully saturated rings. The van der Waals surface area contributed by atoms with Crippen LogP contribution in [-0.2, 0) is 4.79 Å². The molecule has 5 heteroatoms. The van der Waals surface area contributed by atoms with Crippen LogP contribution < -0.4 is 10.2 Å². The van der Waals surface area contributed by atoms with Gasteiger partial charge >= 0.3 is 0 Å². The van der Waals surface area contributed by atoms with E-state index in [0.717, 1.165) is 37.3 Å². The summed E-state index contributed by atoms with van der Waals surface area (Å²) >= 11 is 1.80. The van der Waals surface area contributed by atoms with Crippen LogP contribution in [0.15, 0.2) is 36.5 Å². The summed E-state index contributed by atoms with van der Waals surface area (Å²) in [7, 11) is 0. The first kappa shape index (κ1) is 19.9. The quantitative estimate of drug-likeness (QED) is 0.637. The second kappa shape index (κ2) is 8.15. The van der Waals surface area contributed by atoms with Gasteiger partial charge in [0.2, 0.25) is 5.91 Å². The van der Waals surface area contributed by atoms with Crippen molar-refractivity contribution in [1.82, 2.24) is 10.3 Å². The molecule has 2 atom stereocenters. The second-order valence-electron chi connectivity index (χ2n) is 8.26. The maximum absolute atomic E-state index is 13.0. The molecular formula is C24H29N3OS. The first-order valence-corrected chi connectivity index (χ1v) is 11.2. The monoisotopic (exact) mass is 407 g/mol. The highest BCUT2D eigenvalue weighted by Crippen LogP contribution is 2.33. The van der Waals surface area contributed by atoms with Gasteiger partial charge in [-0.1, -0.05) is 18.2 Å². The SMILES string of the molecule is Cc1cc2c(N3CCC[C@H](C(=O)N[C@@H](C)c4ccc(C)c(C)c4)C3)nccc2s1. The van der Waals surface area contributed by atoms with Gasteiger partial charge in [0.1, 0.15) is 5.82 Å². The van der Waals surface area contributed by atoms with E-state index in [-0.39, 0.29) is 17.9 Å². The summed E-state index contributed by atoms with van der Waals surface area (Å²) in [5, 5.41) is 4.45. The van der Waals surface area contributed by atoms with Crippen molar-refractivity contribution in [2.24, 2.45) is 5.92 Å². The number of thiophene rings is 1. The van der Waals surface area contributed by atoms with E-state index in [4.69, 9.17) is 0 Å². The van der Waals surface area contributed by atoms with Gasteiger partial charge < -0.3 is 10.2 Å². The van der Waals surface area contributed by atoms with Gasteiger partial charge in [0.15, 0.2) is 0 Å². The van der Waals surface area contributed by atoms with E-state index in [0.29, 0.717) is 0 Å². The molecule has 1 N–H and O–H groups in total. The summed E-state index contributed by atoms with van der Waals surface area (Å²) in [6.45, 7) is 10.1. The number of nitrogens with one attached hydrogen (secondary N) is 1. The number of fused-ring (bicyclic) bond motifs is 1. The molecule has 0 saturated carbocycles. The number of anilines is 1. The number of aryl methyl sites for hydroxylation is 3. The first-order chi connectivity index (χ1) is 13.9. The second-order valence-corrected chi connectivity index (χ2v) is 9.55. The Balaban J connectivity index is 1.47. The van der Waals surface area contributed by atoms with Gasteiger partial charge in [-0.3, -0.25) is 4.79 Å². The standard InChI is InChI=1S/C24H29N3OS/c1-15-7-8-19(12-16(15)2)18(4)26-24(28)20-6-5-11-27(14-20)23-21-13-17(3)29-22(21)9-10-25-23/h7-10,12-13,18,20H,5-6,11,14H2,1-4H3,(H,26,28)/t18-,20-/m0/s1. The highest BCUT2D eigenvalue weighted by Gasteiger charge is 2.28. The Morgan fingerprint density at radius 2 is 2.03 bits per heavy atom. The summed E-state index contributed by atoms with van der Waals surface area (Å²) in [5.74, 6) is 1.16. The maximum Gasteiger partial charge on any atom is 0.225 e. The van der Waals surface area contributed by atoms with Crippen molar-refractivity contribution in [3.05, 3.63) is 58.1 Å². The lowest BCUT2D eigenvalue weighted by molar-refractivity contribution is -0.125. The third-order valence-corrected chi connectivity index (χ3v) is 7.04. The van der Waals surface area contributed by atoms with Crippen molar-refractivity contribution in [1.29, 1.82) is 0 Å². The average molecular weight is 408 g/mol. The Morgan fingerprint density at radius 3 is 2.83 bits per heavy atom. The molecule has 3 aromatic rings. The number of rotatable bonds is 4. The Labute approximate surface area is 177 Å². The third kappa shape index (κ3) is 4.15. The predicted molar refractivity (Wildman–Crippen MR) is 122 cm³/mol. The number of hydrogen-bond acceptors (Lipinski definition) is 4. The Morgan fingerprint density at radius 1 is 1.21 bits per heavy atom. The van der Waals surface area contributed by atoms with Crippen LogP contribution in [0.1, 0.15) is 47.4 Å². The zero-order valence-corrected chi connectivity index (χ0v) is 18.5. The van der Waals surface area contributed by atoms with Crippen LogP contribution in [0.5, 0.6) is 0 Å². The molecule has 152 valence electrons. The largest absolute Gasteiger partial charge is 0.355 e. The molecule has 29 heavy (non-hydrogen) atoms. The van der Waals surface area contributed by atoms with Gasteiger partial charge in [0, 0.05) is 34.2 Å². The van der Waals surface area contributed by atoms with Crippen LogP contribution in [0.3, 0.4) is 0 Å². The number of pyridine rings is 1. The fourth-order valence-electron chi connectivity index (χ4n) is 4.16. The van der Waals surface area contributed by atoms with Crippen LogP contribution in [0.25, 0.3) is 10.1 Å². The molecular weight excluding hydrogens is 378 g/mol. The van der Waals surface area contributed by atoms with Crippen LogP contribution in [0, 0.1) is 26.7 Å². The molecule has 4 nitrogen and oxygen atoms in total. The van der Waals surface area contributed by atoms with Gasteiger partial charge in [-0.25, -0.2) is 4.98 Å². The maximum atomic E-state index is 13.0. The molecule has 3 heterocycles. The highest BCUT2D eigenvalue weighted by molar-refractivity contribution is 7.19. The minimum Gasteiger partial charge on any atom is -0.355 e.